The van der Waals surface area contributed by atoms with Gasteiger partial charge in [-0.05, 0) is 56.2 Å². The number of hydrogen-bond acceptors (Lipinski definition) is 6. The highest BCUT2D eigenvalue weighted by Crippen LogP contribution is 2.36. The summed E-state index contributed by atoms with van der Waals surface area (Å²) < 4.78 is 48.5. The van der Waals surface area contributed by atoms with Crippen molar-refractivity contribution in [2.45, 2.75) is 37.6 Å². The topological polar surface area (TPSA) is 48.4 Å². The van der Waals surface area contributed by atoms with Crippen LogP contribution in [-0.4, -0.2) is 24.7 Å². The van der Waals surface area contributed by atoms with Gasteiger partial charge in [-0.25, -0.2) is 9.78 Å². The Morgan fingerprint density at radius 1 is 1.09 bits per heavy atom. The number of rotatable bonds is 7. The summed E-state index contributed by atoms with van der Waals surface area (Å²) in [6.07, 6.45) is -4.35. The number of methoxy groups -OCH3 is 1. The van der Waals surface area contributed by atoms with Crippen molar-refractivity contribution in [3.63, 3.8) is 0 Å². The van der Waals surface area contributed by atoms with Crippen LogP contribution in [0.5, 0.6) is 5.75 Å². The van der Waals surface area contributed by atoms with E-state index in [4.69, 9.17) is 4.74 Å². The fraction of sp³-hybridized carbons (Fsp3) is 0.304. The van der Waals surface area contributed by atoms with Gasteiger partial charge in [0.1, 0.15) is 10.8 Å². The van der Waals surface area contributed by atoms with E-state index in [1.807, 2.05) is 32.9 Å². The first kappa shape index (κ1) is 24.1. The number of alkyl halides is 3. The van der Waals surface area contributed by atoms with E-state index < -0.39 is 17.7 Å². The van der Waals surface area contributed by atoms with Gasteiger partial charge in [0.15, 0.2) is 6.61 Å². The van der Waals surface area contributed by atoms with Gasteiger partial charge in [0.25, 0.3) is 0 Å². The first-order valence-corrected chi connectivity index (χ1v) is 11.5. The molecule has 2 aromatic carbocycles. The number of halogens is 3. The van der Waals surface area contributed by atoms with Gasteiger partial charge >= 0.3 is 12.1 Å². The maximum Gasteiger partial charge on any atom is 0.416 e. The number of thioether (sulfide) groups is 1. The SMILES string of the molecule is COC(=O)COc1cc(C)c(SCc2sc(-c3ccc(C(F)(F)F)cc3)nc2C)cc1C. The third kappa shape index (κ3) is 5.83. The molecule has 0 unspecified atom stereocenters. The second kappa shape index (κ2) is 9.95. The van der Waals surface area contributed by atoms with Crippen molar-refractivity contribution in [2.24, 2.45) is 0 Å². The zero-order valence-electron chi connectivity index (χ0n) is 18.0. The molecule has 32 heavy (non-hydrogen) atoms. The van der Waals surface area contributed by atoms with Crippen molar-refractivity contribution in [2.75, 3.05) is 13.7 Å². The minimum Gasteiger partial charge on any atom is -0.482 e. The zero-order chi connectivity index (χ0) is 23.5. The maximum atomic E-state index is 12.8. The van der Waals surface area contributed by atoms with Gasteiger partial charge in [-0.2, -0.15) is 13.2 Å². The van der Waals surface area contributed by atoms with E-state index in [0.29, 0.717) is 22.1 Å². The lowest BCUT2D eigenvalue weighted by atomic mass is 10.1. The molecular formula is C23H22F3NO3S2. The van der Waals surface area contributed by atoms with E-state index in [-0.39, 0.29) is 6.61 Å². The molecule has 1 aromatic heterocycles. The van der Waals surface area contributed by atoms with Gasteiger partial charge in [-0.3, -0.25) is 0 Å². The molecule has 0 saturated heterocycles. The van der Waals surface area contributed by atoms with E-state index >= 15 is 0 Å². The minimum atomic E-state index is -4.35. The molecule has 0 bridgehead atoms. The van der Waals surface area contributed by atoms with E-state index in [1.54, 1.807) is 11.8 Å². The summed E-state index contributed by atoms with van der Waals surface area (Å²) in [6, 6.07) is 8.98. The molecule has 0 radical (unpaired) electrons. The number of esters is 1. The standard InChI is InChI=1S/C23H22F3NO3S2/c1-13-10-19(14(2)9-18(13)30-11-21(28)29-4)31-12-20-15(3)27-22(32-20)16-5-7-17(8-6-16)23(24,25)26/h5-10H,11-12H2,1-4H3. The minimum absolute atomic E-state index is 0.143. The first-order valence-electron chi connectivity index (χ1n) is 9.66. The van der Waals surface area contributed by atoms with Crippen LogP contribution >= 0.6 is 23.1 Å². The highest BCUT2D eigenvalue weighted by molar-refractivity contribution is 7.98. The Hall–Kier alpha value is -2.52. The van der Waals surface area contributed by atoms with Crippen molar-refractivity contribution in [1.82, 2.24) is 4.98 Å². The lowest BCUT2D eigenvalue weighted by Gasteiger charge is -2.12. The van der Waals surface area contributed by atoms with Crippen molar-refractivity contribution >= 4 is 29.1 Å². The van der Waals surface area contributed by atoms with Gasteiger partial charge < -0.3 is 9.47 Å². The number of carbonyl (C=O) groups excluding carboxylic acids is 1. The summed E-state index contributed by atoms with van der Waals surface area (Å²) in [6.45, 7) is 5.65. The van der Waals surface area contributed by atoms with Gasteiger partial charge in [0.2, 0.25) is 0 Å². The zero-order valence-corrected chi connectivity index (χ0v) is 19.6. The van der Waals surface area contributed by atoms with Crippen LogP contribution in [0.15, 0.2) is 41.3 Å². The molecular weight excluding hydrogens is 459 g/mol. The third-order valence-electron chi connectivity index (χ3n) is 4.76. The summed E-state index contributed by atoms with van der Waals surface area (Å²) in [5.41, 5.74) is 2.79. The molecule has 0 saturated carbocycles. The van der Waals surface area contributed by atoms with Crippen molar-refractivity contribution in [3.8, 4) is 16.3 Å². The van der Waals surface area contributed by atoms with Gasteiger partial charge in [-0.15, -0.1) is 23.1 Å². The van der Waals surface area contributed by atoms with Gasteiger partial charge in [0.05, 0.1) is 18.4 Å². The average Bonchev–Trinajstić information content (AvgIpc) is 3.12. The van der Waals surface area contributed by atoms with E-state index in [2.05, 4.69) is 9.72 Å². The van der Waals surface area contributed by atoms with Crippen LogP contribution in [0.2, 0.25) is 0 Å². The molecule has 170 valence electrons. The normalized spacial score (nSPS) is 11.5. The van der Waals surface area contributed by atoms with Crippen LogP contribution < -0.4 is 4.74 Å². The Bertz CT molecular complexity index is 1110. The second-order valence-electron chi connectivity index (χ2n) is 7.14. The molecule has 3 aromatic rings. The molecule has 1 heterocycles. The van der Waals surface area contributed by atoms with Crippen LogP contribution in [0.1, 0.15) is 27.3 Å². The number of carbonyl (C=O) groups is 1. The molecule has 0 N–H and O–H groups in total. The summed E-state index contributed by atoms with van der Waals surface area (Å²) in [7, 11) is 1.31. The number of ether oxygens (including phenoxy) is 2. The molecule has 0 aliphatic heterocycles. The number of nitrogens with zero attached hydrogens (tertiary/aromatic N) is 1. The Morgan fingerprint density at radius 3 is 2.41 bits per heavy atom. The fourth-order valence-electron chi connectivity index (χ4n) is 2.90. The summed E-state index contributed by atoms with van der Waals surface area (Å²) in [5.74, 6) is 0.882. The van der Waals surface area contributed by atoms with E-state index in [1.165, 1.54) is 30.6 Å². The van der Waals surface area contributed by atoms with Gasteiger partial charge in [-0.1, -0.05) is 12.1 Å². The largest absolute Gasteiger partial charge is 0.482 e. The summed E-state index contributed by atoms with van der Waals surface area (Å²) in [4.78, 5) is 18.0. The molecule has 0 fully saturated rings. The Kier molecular flexibility index (Phi) is 7.51. The highest BCUT2D eigenvalue weighted by Gasteiger charge is 2.30. The highest BCUT2D eigenvalue weighted by atomic mass is 32.2. The number of aryl methyl sites for hydroxylation is 3. The molecule has 3 rings (SSSR count). The number of hydrogen-bond donors (Lipinski definition) is 0. The first-order chi connectivity index (χ1) is 15.1. The monoisotopic (exact) mass is 481 g/mol. The maximum absolute atomic E-state index is 12.8. The lowest BCUT2D eigenvalue weighted by Crippen LogP contribution is -2.13. The fourth-order valence-corrected chi connectivity index (χ4v) is 5.22. The average molecular weight is 482 g/mol. The molecule has 0 amide bonds. The molecule has 0 aliphatic rings. The number of benzene rings is 2. The molecule has 0 aliphatic carbocycles. The van der Waals surface area contributed by atoms with E-state index in [9.17, 15) is 18.0 Å². The molecule has 4 nitrogen and oxygen atoms in total. The van der Waals surface area contributed by atoms with E-state index in [0.717, 1.165) is 38.7 Å². The predicted octanol–water partition coefficient (Wildman–Crippen LogP) is 6.60. The van der Waals surface area contributed by atoms with Crippen LogP contribution in [0.4, 0.5) is 13.2 Å². The number of thiazole rings is 1. The quantitative estimate of drug-likeness (QED) is 0.281. The second-order valence-corrected chi connectivity index (χ2v) is 9.24. The summed E-state index contributed by atoms with van der Waals surface area (Å²) >= 11 is 3.14. The Morgan fingerprint density at radius 2 is 1.78 bits per heavy atom. The molecule has 0 atom stereocenters. The Balaban J connectivity index is 1.71. The van der Waals surface area contributed by atoms with Crippen molar-refractivity contribution in [1.29, 1.82) is 0 Å². The molecule has 9 heteroatoms. The third-order valence-corrected chi connectivity index (χ3v) is 7.33. The van der Waals surface area contributed by atoms with Crippen molar-refractivity contribution in [3.05, 3.63) is 63.7 Å². The lowest BCUT2D eigenvalue weighted by molar-refractivity contribution is -0.143. The smallest absolute Gasteiger partial charge is 0.416 e. The van der Waals surface area contributed by atoms with Crippen molar-refractivity contribution < 1.29 is 27.4 Å². The van der Waals surface area contributed by atoms with Crippen LogP contribution in [0, 0.1) is 20.8 Å². The van der Waals surface area contributed by atoms with Gasteiger partial charge in [0, 0.05) is 21.1 Å². The summed E-state index contributed by atoms with van der Waals surface area (Å²) in [5, 5.41) is 0.700. The predicted molar refractivity (Wildman–Crippen MR) is 120 cm³/mol. The molecule has 0 spiro atoms. The Labute approximate surface area is 192 Å². The van der Waals surface area contributed by atoms with Crippen LogP contribution in [0.25, 0.3) is 10.6 Å². The van der Waals surface area contributed by atoms with Crippen LogP contribution in [-0.2, 0) is 21.5 Å². The number of aromatic nitrogens is 1. The van der Waals surface area contributed by atoms with Crippen LogP contribution in [0.3, 0.4) is 0 Å².